The zero-order valence-electron chi connectivity index (χ0n) is 9.57. The third kappa shape index (κ3) is 2.27. The van der Waals surface area contributed by atoms with E-state index in [0.29, 0.717) is 6.42 Å². The second-order valence-electron chi connectivity index (χ2n) is 4.03. The maximum atomic E-state index is 6.12. The number of fused-ring (bicyclic) bond motifs is 1. The fourth-order valence-corrected chi connectivity index (χ4v) is 2.11. The van der Waals surface area contributed by atoms with E-state index in [1.165, 1.54) is 11.1 Å². The van der Waals surface area contributed by atoms with Crippen LogP contribution in [0.25, 0.3) is 0 Å². The number of ether oxygens (including phenoxy) is 1. The Labute approximate surface area is 96.8 Å². The Balaban J connectivity index is 2.20. The summed E-state index contributed by atoms with van der Waals surface area (Å²) in [5, 5.41) is 0. The summed E-state index contributed by atoms with van der Waals surface area (Å²) in [6, 6.07) is 8.34. The van der Waals surface area contributed by atoms with E-state index in [2.05, 4.69) is 30.0 Å². The van der Waals surface area contributed by atoms with E-state index in [1.54, 1.807) is 0 Å². The first-order chi connectivity index (χ1) is 7.83. The van der Waals surface area contributed by atoms with E-state index < -0.39 is 0 Å². The summed E-state index contributed by atoms with van der Waals surface area (Å²) in [7, 11) is 0. The van der Waals surface area contributed by atoms with Gasteiger partial charge in [-0.25, -0.2) is 0 Å². The normalized spacial score (nSPS) is 20.5. The molecule has 0 amide bonds. The second-order valence-corrected chi connectivity index (χ2v) is 4.03. The van der Waals surface area contributed by atoms with Gasteiger partial charge < -0.3 is 10.5 Å². The topological polar surface area (TPSA) is 35.2 Å². The Bertz CT molecular complexity index is 416. The Morgan fingerprint density at radius 1 is 1.50 bits per heavy atom. The van der Waals surface area contributed by atoms with Crippen LogP contribution in [0.15, 0.2) is 24.3 Å². The summed E-state index contributed by atoms with van der Waals surface area (Å²) in [4.78, 5) is 0. The molecule has 2 rings (SSSR count). The van der Waals surface area contributed by atoms with Gasteiger partial charge in [-0.1, -0.05) is 24.3 Å². The lowest BCUT2D eigenvalue weighted by atomic mass is 9.92. The maximum absolute atomic E-state index is 6.12. The molecule has 2 unspecified atom stereocenters. The number of benzene rings is 1. The van der Waals surface area contributed by atoms with Crippen molar-refractivity contribution in [2.75, 3.05) is 6.61 Å². The number of hydrogen-bond donors (Lipinski definition) is 1. The quantitative estimate of drug-likeness (QED) is 0.766. The molecule has 0 aliphatic carbocycles. The minimum Gasteiger partial charge on any atom is -0.372 e. The van der Waals surface area contributed by atoms with Gasteiger partial charge in [-0.15, -0.1) is 11.8 Å². The van der Waals surface area contributed by atoms with Gasteiger partial charge in [0.2, 0.25) is 0 Å². The maximum Gasteiger partial charge on any atom is 0.0987 e. The highest BCUT2D eigenvalue weighted by atomic mass is 16.5. The van der Waals surface area contributed by atoms with Crippen molar-refractivity contribution in [1.29, 1.82) is 0 Å². The summed E-state index contributed by atoms with van der Waals surface area (Å²) in [6.45, 7) is 2.59. The van der Waals surface area contributed by atoms with Gasteiger partial charge in [0, 0.05) is 12.5 Å². The third-order valence-corrected chi connectivity index (χ3v) is 2.93. The molecule has 0 bridgehead atoms. The van der Waals surface area contributed by atoms with Gasteiger partial charge in [0.25, 0.3) is 0 Å². The molecule has 2 heteroatoms. The third-order valence-electron chi connectivity index (χ3n) is 2.93. The summed E-state index contributed by atoms with van der Waals surface area (Å²) in [5.41, 5.74) is 8.72. The molecular formula is C14H17NO. The van der Waals surface area contributed by atoms with E-state index in [-0.39, 0.29) is 12.1 Å². The number of rotatable bonds is 2. The molecule has 2 nitrogen and oxygen atoms in total. The van der Waals surface area contributed by atoms with Gasteiger partial charge in [0.1, 0.15) is 0 Å². The van der Waals surface area contributed by atoms with Gasteiger partial charge >= 0.3 is 0 Å². The minimum absolute atomic E-state index is 0.00537. The van der Waals surface area contributed by atoms with Gasteiger partial charge in [-0.2, -0.15) is 0 Å². The Morgan fingerprint density at radius 2 is 2.31 bits per heavy atom. The summed E-state index contributed by atoms with van der Waals surface area (Å²) in [6.07, 6.45) is 1.68. The predicted molar refractivity (Wildman–Crippen MR) is 64.9 cm³/mol. The first-order valence-corrected chi connectivity index (χ1v) is 5.67. The van der Waals surface area contributed by atoms with Gasteiger partial charge in [-0.3, -0.25) is 0 Å². The van der Waals surface area contributed by atoms with Crippen LogP contribution in [0.1, 0.15) is 30.6 Å². The van der Waals surface area contributed by atoms with E-state index in [4.69, 9.17) is 10.5 Å². The molecule has 84 valence electrons. The van der Waals surface area contributed by atoms with E-state index >= 15 is 0 Å². The molecule has 0 saturated heterocycles. The molecule has 0 spiro atoms. The molecule has 1 aromatic carbocycles. The van der Waals surface area contributed by atoms with Crippen LogP contribution in [0.2, 0.25) is 0 Å². The minimum atomic E-state index is -0.0334. The van der Waals surface area contributed by atoms with Gasteiger partial charge in [0.05, 0.1) is 12.7 Å². The van der Waals surface area contributed by atoms with E-state index in [1.807, 2.05) is 13.0 Å². The van der Waals surface area contributed by atoms with Crippen LogP contribution in [0.5, 0.6) is 0 Å². The highest BCUT2D eigenvalue weighted by Crippen LogP contribution is 2.29. The Morgan fingerprint density at radius 3 is 3.12 bits per heavy atom. The highest BCUT2D eigenvalue weighted by Gasteiger charge is 2.25. The van der Waals surface area contributed by atoms with Crippen molar-refractivity contribution in [2.24, 2.45) is 5.73 Å². The molecule has 0 radical (unpaired) electrons. The SMILES string of the molecule is CC#CCC(N)C1OCCc2ccccc21. The zero-order chi connectivity index (χ0) is 11.4. The first-order valence-electron chi connectivity index (χ1n) is 5.67. The van der Waals surface area contributed by atoms with Gasteiger partial charge in [-0.05, 0) is 24.5 Å². The fraction of sp³-hybridized carbons (Fsp3) is 0.429. The van der Waals surface area contributed by atoms with E-state index in [0.717, 1.165) is 13.0 Å². The van der Waals surface area contributed by atoms with E-state index in [9.17, 15) is 0 Å². The van der Waals surface area contributed by atoms with Crippen molar-refractivity contribution in [3.63, 3.8) is 0 Å². The molecule has 2 N–H and O–H groups in total. The van der Waals surface area contributed by atoms with Crippen molar-refractivity contribution in [3.8, 4) is 11.8 Å². The largest absolute Gasteiger partial charge is 0.372 e. The standard InChI is InChI=1S/C14H17NO/c1-2-3-8-13(15)14-12-7-5-4-6-11(12)9-10-16-14/h4-7,13-14H,8-10,15H2,1H3. The van der Waals surface area contributed by atoms with Crippen LogP contribution in [0, 0.1) is 11.8 Å². The lowest BCUT2D eigenvalue weighted by Crippen LogP contribution is -2.33. The lowest BCUT2D eigenvalue weighted by molar-refractivity contribution is 0.0256. The van der Waals surface area contributed by atoms with Crippen LogP contribution in [-0.4, -0.2) is 12.6 Å². The molecule has 1 aromatic rings. The highest BCUT2D eigenvalue weighted by molar-refractivity contribution is 5.32. The van der Waals surface area contributed by atoms with Crippen molar-refractivity contribution in [2.45, 2.75) is 31.9 Å². The molecule has 0 saturated carbocycles. The van der Waals surface area contributed by atoms with Crippen LogP contribution < -0.4 is 5.73 Å². The number of hydrogen-bond acceptors (Lipinski definition) is 2. The van der Waals surface area contributed by atoms with Crippen LogP contribution in [0.4, 0.5) is 0 Å². The Hall–Kier alpha value is -1.30. The average Bonchev–Trinajstić information content (AvgIpc) is 2.35. The van der Waals surface area contributed by atoms with Crippen LogP contribution in [-0.2, 0) is 11.2 Å². The summed E-state index contributed by atoms with van der Waals surface area (Å²) in [5.74, 6) is 5.90. The number of nitrogens with two attached hydrogens (primary N) is 1. The molecule has 0 fully saturated rings. The average molecular weight is 215 g/mol. The molecule has 16 heavy (non-hydrogen) atoms. The Kier molecular flexibility index (Phi) is 3.61. The molecule has 2 atom stereocenters. The van der Waals surface area contributed by atoms with Crippen LogP contribution >= 0.6 is 0 Å². The fourth-order valence-electron chi connectivity index (χ4n) is 2.11. The van der Waals surface area contributed by atoms with Crippen LogP contribution in [0.3, 0.4) is 0 Å². The lowest BCUT2D eigenvalue weighted by Gasteiger charge is -2.29. The monoisotopic (exact) mass is 215 g/mol. The molecular weight excluding hydrogens is 198 g/mol. The van der Waals surface area contributed by atoms with Crippen molar-refractivity contribution in [1.82, 2.24) is 0 Å². The first kappa shape index (κ1) is 11.2. The van der Waals surface area contributed by atoms with Crippen molar-refractivity contribution >= 4 is 0 Å². The second kappa shape index (κ2) is 5.16. The zero-order valence-corrected chi connectivity index (χ0v) is 9.57. The summed E-state index contributed by atoms with van der Waals surface area (Å²) < 4.78 is 5.77. The molecule has 1 heterocycles. The molecule has 0 aromatic heterocycles. The van der Waals surface area contributed by atoms with Crippen molar-refractivity contribution < 1.29 is 4.74 Å². The van der Waals surface area contributed by atoms with Crippen molar-refractivity contribution in [3.05, 3.63) is 35.4 Å². The summed E-state index contributed by atoms with van der Waals surface area (Å²) >= 11 is 0. The molecule has 1 aliphatic rings. The van der Waals surface area contributed by atoms with Gasteiger partial charge in [0.15, 0.2) is 0 Å². The predicted octanol–water partition coefficient (Wildman–Crippen LogP) is 2.04. The molecule has 1 aliphatic heterocycles. The smallest absolute Gasteiger partial charge is 0.0987 e.